The van der Waals surface area contributed by atoms with Crippen LogP contribution in [0.3, 0.4) is 0 Å². The van der Waals surface area contributed by atoms with Gasteiger partial charge in [-0.15, -0.1) is 10.2 Å². The number of halogens is 1. The van der Waals surface area contributed by atoms with E-state index < -0.39 is 0 Å². The van der Waals surface area contributed by atoms with E-state index in [-0.39, 0.29) is 5.91 Å². The lowest BCUT2D eigenvalue weighted by molar-refractivity contribution is 0.102. The molecule has 0 unspecified atom stereocenters. The Balaban J connectivity index is 2.11. The van der Waals surface area contributed by atoms with Gasteiger partial charge in [0.05, 0.1) is 5.56 Å². The SMILES string of the molecule is O=C(Nc1nncs1)c1ccc(Br)nc1. The summed E-state index contributed by atoms with van der Waals surface area (Å²) in [5.41, 5.74) is 2.03. The molecule has 0 saturated carbocycles. The number of anilines is 1. The number of hydrogen-bond donors (Lipinski definition) is 1. The topological polar surface area (TPSA) is 67.8 Å². The quantitative estimate of drug-likeness (QED) is 0.856. The van der Waals surface area contributed by atoms with E-state index >= 15 is 0 Å². The minimum Gasteiger partial charge on any atom is -0.296 e. The van der Waals surface area contributed by atoms with Gasteiger partial charge in [-0.1, -0.05) is 11.3 Å². The van der Waals surface area contributed by atoms with E-state index in [0.717, 1.165) is 0 Å². The van der Waals surface area contributed by atoms with Crippen LogP contribution in [0.4, 0.5) is 5.13 Å². The number of carbonyl (C=O) groups is 1. The summed E-state index contributed by atoms with van der Waals surface area (Å²) in [4.78, 5) is 15.5. The lowest BCUT2D eigenvalue weighted by atomic mass is 10.3. The molecule has 76 valence electrons. The zero-order valence-corrected chi connectivity index (χ0v) is 9.75. The van der Waals surface area contributed by atoms with Crippen LogP contribution in [0.15, 0.2) is 28.4 Å². The third-order valence-electron chi connectivity index (χ3n) is 1.57. The Bertz CT molecular complexity index is 456. The molecule has 0 saturated heterocycles. The number of hydrogen-bond acceptors (Lipinski definition) is 5. The summed E-state index contributed by atoms with van der Waals surface area (Å²) in [6.45, 7) is 0. The third-order valence-corrected chi connectivity index (χ3v) is 2.65. The monoisotopic (exact) mass is 284 g/mol. The average molecular weight is 285 g/mol. The first-order valence-corrected chi connectivity index (χ1v) is 5.62. The lowest BCUT2D eigenvalue weighted by Gasteiger charge is -1.99. The molecule has 0 bridgehead atoms. The van der Waals surface area contributed by atoms with Gasteiger partial charge in [0.15, 0.2) is 0 Å². The van der Waals surface area contributed by atoms with Crippen LogP contribution >= 0.6 is 27.3 Å². The highest BCUT2D eigenvalue weighted by Crippen LogP contribution is 2.11. The van der Waals surface area contributed by atoms with Gasteiger partial charge in [-0.2, -0.15) is 0 Å². The van der Waals surface area contributed by atoms with Crippen molar-refractivity contribution in [1.82, 2.24) is 15.2 Å². The van der Waals surface area contributed by atoms with Crippen molar-refractivity contribution in [3.63, 3.8) is 0 Å². The first-order valence-electron chi connectivity index (χ1n) is 3.95. The van der Waals surface area contributed by atoms with Gasteiger partial charge in [0.25, 0.3) is 5.91 Å². The Morgan fingerprint density at radius 2 is 2.33 bits per heavy atom. The largest absolute Gasteiger partial charge is 0.296 e. The molecule has 15 heavy (non-hydrogen) atoms. The average Bonchev–Trinajstić information content (AvgIpc) is 2.71. The predicted octanol–water partition coefficient (Wildman–Crippen LogP) is 1.95. The van der Waals surface area contributed by atoms with Crippen LogP contribution in [-0.4, -0.2) is 21.1 Å². The summed E-state index contributed by atoms with van der Waals surface area (Å²) in [7, 11) is 0. The Morgan fingerprint density at radius 1 is 1.47 bits per heavy atom. The molecule has 0 spiro atoms. The van der Waals surface area contributed by atoms with Crippen LogP contribution in [0, 0.1) is 0 Å². The molecule has 1 amide bonds. The van der Waals surface area contributed by atoms with Gasteiger partial charge in [0.1, 0.15) is 10.1 Å². The Kier molecular flexibility index (Phi) is 3.02. The first-order chi connectivity index (χ1) is 7.25. The molecule has 7 heteroatoms. The van der Waals surface area contributed by atoms with Crippen molar-refractivity contribution in [1.29, 1.82) is 0 Å². The minimum atomic E-state index is -0.244. The van der Waals surface area contributed by atoms with Crippen LogP contribution in [0.2, 0.25) is 0 Å². The zero-order valence-electron chi connectivity index (χ0n) is 7.35. The molecule has 0 radical (unpaired) electrons. The van der Waals surface area contributed by atoms with Crippen molar-refractivity contribution < 1.29 is 4.79 Å². The molecule has 0 aliphatic heterocycles. The maximum absolute atomic E-state index is 11.6. The molecule has 0 aromatic carbocycles. The van der Waals surface area contributed by atoms with Crippen LogP contribution in [0.1, 0.15) is 10.4 Å². The molecule has 0 atom stereocenters. The van der Waals surface area contributed by atoms with E-state index in [4.69, 9.17) is 0 Å². The Hall–Kier alpha value is -1.34. The van der Waals surface area contributed by atoms with E-state index in [1.54, 1.807) is 17.6 Å². The summed E-state index contributed by atoms with van der Waals surface area (Å²) in [6, 6.07) is 3.38. The van der Waals surface area contributed by atoms with E-state index in [9.17, 15) is 4.79 Å². The summed E-state index contributed by atoms with van der Waals surface area (Å²) in [5, 5.41) is 10.4. The second kappa shape index (κ2) is 4.45. The molecule has 2 rings (SSSR count). The maximum Gasteiger partial charge on any atom is 0.259 e. The third kappa shape index (κ3) is 2.57. The lowest BCUT2D eigenvalue weighted by Crippen LogP contribution is -2.11. The molecule has 1 N–H and O–H groups in total. The van der Waals surface area contributed by atoms with Crippen LogP contribution < -0.4 is 5.32 Å². The van der Waals surface area contributed by atoms with Gasteiger partial charge in [0, 0.05) is 6.20 Å². The second-order valence-electron chi connectivity index (χ2n) is 2.57. The maximum atomic E-state index is 11.6. The van der Waals surface area contributed by atoms with Crippen LogP contribution in [0.25, 0.3) is 0 Å². The number of rotatable bonds is 2. The van der Waals surface area contributed by atoms with Crippen molar-refractivity contribution in [2.24, 2.45) is 0 Å². The van der Waals surface area contributed by atoms with Gasteiger partial charge < -0.3 is 0 Å². The van der Waals surface area contributed by atoms with E-state index in [1.165, 1.54) is 17.5 Å². The summed E-state index contributed by atoms with van der Waals surface area (Å²) >= 11 is 4.46. The molecular formula is C8H5BrN4OS. The molecule has 0 aliphatic carbocycles. The van der Waals surface area contributed by atoms with E-state index in [0.29, 0.717) is 15.3 Å². The van der Waals surface area contributed by atoms with Gasteiger partial charge in [-0.05, 0) is 28.1 Å². The smallest absolute Gasteiger partial charge is 0.259 e. The predicted molar refractivity (Wildman–Crippen MR) is 59.8 cm³/mol. The minimum absolute atomic E-state index is 0.244. The van der Waals surface area contributed by atoms with Gasteiger partial charge in [-0.25, -0.2) is 4.98 Å². The number of amides is 1. The number of aromatic nitrogens is 3. The van der Waals surface area contributed by atoms with Gasteiger partial charge in [-0.3, -0.25) is 10.1 Å². The number of nitrogens with zero attached hydrogens (tertiary/aromatic N) is 3. The summed E-state index contributed by atoms with van der Waals surface area (Å²) < 4.78 is 0.690. The highest BCUT2D eigenvalue weighted by molar-refractivity contribution is 9.10. The highest BCUT2D eigenvalue weighted by atomic mass is 79.9. The van der Waals surface area contributed by atoms with Crippen LogP contribution in [-0.2, 0) is 0 Å². The molecule has 0 fully saturated rings. The van der Waals surface area contributed by atoms with Crippen molar-refractivity contribution in [3.05, 3.63) is 34.0 Å². The summed E-state index contributed by atoms with van der Waals surface area (Å²) in [6.07, 6.45) is 1.49. The Morgan fingerprint density at radius 3 is 2.93 bits per heavy atom. The van der Waals surface area contributed by atoms with Gasteiger partial charge in [0.2, 0.25) is 5.13 Å². The fourth-order valence-electron chi connectivity index (χ4n) is 0.907. The number of pyridine rings is 1. The normalized spacial score (nSPS) is 9.93. The van der Waals surface area contributed by atoms with Crippen molar-refractivity contribution in [2.45, 2.75) is 0 Å². The first kappa shape index (κ1) is 10.2. The van der Waals surface area contributed by atoms with E-state index in [1.807, 2.05) is 0 Å². The molecule has 2 aromatic heterocycles. The molecule has 2 aromatic rings. The second-order valence-corrected chi connectivity index (χ2v) is 4.21. The zero-order chi connectivity index (χ0) is 10.7. The van der Waals surface area contributed by atoms with Crippen molar-refractivity contribution >= 4 is 38.3 Å². The van der Waals surface area contributed by atoms with Crippen molar-refractivity contribution in [2.75, 3.05) is 5.32 Å². The van der Waals surface area contributed by atoms with Crippen LogP contribution in [0.5, 0.6) is 0 Å². The van der Waals surface area contributed by atoms with E-state index in [2.05, 4.69) is 36.4 Å². The fourth-order valence-corrected chi connectivity index (χ4v) is 1.58. The highest BCUT2D eigenvalue weighted by Gasteiger charge is 2.07. The van der Waals surface area contributed by atoms with Gasteiger partial charge >= 0.3 is 0 Å². The fraction of sp³-hybridized carbons (Fsp3) is 0. The number of carbonyl (C=O) groups excluding carboxylic acids is 1. The van der Waals surface area contributed by atoms with Crippen molar-refractivity contribution in [3.8, 4) is 0 Å². The molecule has 0 aliphatic rings. The molecular weight excluding hydrogens is 280 g/mol. The Labute approximate surface area is 97.7 Å². The number of nitrogens with one attached hydrogen (secondary N) is 1. The molecule has 2 heterocycles. The standard InChI is InChI=1S/C8H5BrN4OS/c9-6-2-1-5(3-10-6)7(14)12-8-13-11-4-15-8/h1-4H,(H,12,13,14). The summed E-state index contributed by atoms with van der Waals surface area (Å²) in [5.74, 6) is -0.244. The molecule has 5 nitrogen and oxygen atoms in total.